The van der Waals surface area contributed by atoms with Crippen molar-refractivity contribution < 1.29 is 32.5 Å². The van der Waals surface area contributed by atoms with Crippen molar-refractivity contribution in [3.8, 4) is 11.5 Å². The van der Waals surface area contributed by atoms with Crippen molar-refractivity contribution in [2.24, 2.45) is 5.92 Å². The van der Waals surface area contributed by atoms with Crippen LogP contribution in [0.4, 0.5) is 13.2 Å². The van der Waals surface area contributed by atoms with Gasteiger partial charge < -0.3 is 19.5 Å². The molecule has 0 aliphatic heterocycles. The van der Waals surface area contributed by atoms with Crippen molar-refractivity contribution in [2.75, 3.05) is 20.8 Å². The highest BCUT2D eigenvalue weighted by Crippen LogP contribution is 2.27. The number of benzene rings is 2. The Morgan fingerprint density at radius 2 is 1.68 bits per heavy atom. The second-order valence-electron chi connectivity index (χ2n) is 7.82. The van der Waals surface area contributed by atoms with Crippen molar-refractivity contribution in [1.82, 2.24) is 4.90 Å². The van der Waals surface area contributed by atoms with Gasteiger partial charge in [0.15, 0.2) is 12.4 Å². The van der Waals surface area contributed by atoms with Crippen molar-refractivity contribution in [1.29, 1.82) is 0 Å². The molecule has 38 heavy (non-hydrogen) atoms. The van der Waals surface area contributed by atoms with Crippen LogP contribution in [0.15, 0.2) is 72.5 Å². The minimum absolute atomic E-state index is 0.279. The highest BCUT2D eigenvalue weighted by atomic mass is 35.5. The van der Waals surface area contributed by atoms with Crippen LogP contribution in [0.2, 0.25) is 5.02 Å². The Balaban J connectivity index is 0.00000326. The van der Waals surface area contributed by atoms with Crippen LogP contribution < -0.4 is 9.47 Å². The third kappa shape index (κ3) is 13.5. The third-order valence-electron chi connectivity index (χ3n) is 4.84. The Hall–Kier alpha value is -2.97. The van der Waals surface area contributed by atoms with Gasteiger partial charge in [-0.05, 0) is 61.9 Å². The van der Waals surface area contributed by atoms with E-state index in [1.54, 1.807) is 61.3 Å². The lowest BCUT2D eigenvalue weighted by molar-refractivity contribution is -0.113. The van der Waals surface area contributed by atoms with Gasteiger partial charge in [-0.3, -0.25) is 4.79 Å². The molecular formula is C29H39ClF3NO4. The quantitative estimate of drug-likeness (QED) is 0.210. The van der Waals surface area contributed by atoms with Crippen LogP contribution in [0.25, 0.3) is 0 Å². The normalized spacial score (nSPS) is 13.4. The van der Waals surface area contributed by atoms with Crippen LogP contribution in [0.1, 0.15) is 33.3 Å². The Morgan fingerprint density at radius 3 is 2.24 bits per heavy atom. The van der Waals surface area contributed by atoms with E-state index in [1.165, 1.54) is 25.2 Å². The first kappa shape index (κ1) is 35.0. The first-order valence-electron chi connectivity index (χ1n) is 12.2. The van der Waals surface area contributed by atoms with Gasteiger partial charge in [-0.15, -0.1) is 0 Å². The van der Waals surface area contributed by atoms with E-state index in [4.69, 9.17) is 26.2 Å². The number of alkyl halides is 3. The molecule has 0 heterocycles. The van der Waals surface area contributed by atoms with Crippen LogP contribution in [0.5, 0.6) is 11.5 Å². The Kier molecular flexibility index (Phi) is 18.5. The number of hydrogen-bond donors (Lipinski definition) is 1. The zero-order valence-electron chi connectivity index (χ0n) is 22.8. The molecule has 0 radical (unpaired) electrons. The van der Waals surface area contributed by atoms with Gasteiger partial charge in [0.1, 0.15) is 24.3 Å². The number of aliphatic hydroxyl groups is 1. The number of carbonyl (C=O) groups is 1. The van der Waals surface area contributed by atoms with Gasteiger partial charge in [0.2, 0.25) is 6.43 Å². The predicted molar refractivity (Wildman–Crippen MR) is 148 cm³/mol. The molecule has 0 saturated carbocycles. The summed E-state index contributed by atoms with van der Waals surface area (Å²) in [5.41, 5.74) is 1.08. The zero-order chi connectivity index (χ0) is 29.1. The summed E-state index contributed by atoms with van der Waals surface area (Å²) in [5.74, 6) is -0.354. The number of aldehydes is 1. The van der Waals surface area contributed by atoms with Gasteiger partial charge in [0.05, 0.1) is 5.92 Å². The molecule has 5 nitrogen and oxygen atoms in total. The van der Waals surface area contributed by atoms with Crippen molar-refractivity contribution in [3.63, 3.8) is 0 Å². The molecule has 0 aromatic heterocycles. The van der Waals surface area contributed by atoms with Gasteiger partial charge in [-0.25, -0.2) is 13.2 Å². The number of nitrogens with zero attached hydrogens (tertiary/aromatic N) is 1. The van der Waals surface area contributed by atoms with Gasteiger partial charge >= 0.3 is 0 Å². The van der Waals surface area contributed by atoms with E-state index in [0.717, 1.165) is 12.7 Å². The van der Waals surface area contributed by atoms with Crippen molar-refractivity contribution >= 4 is 17.9 Å². The molecule has 2 rings (SSSR count). The predicted octanol–water partition coefficient (Wildman–Crippen LogP) is 7.13. The summed E-state index contributed by atoms with van der Waals surface area (Å²) in [7, 11) is 2.68. The summed E-state index contributed by atoms with van der Waals surface area (Å²) in [6.45, 7) is 6.97. The van der Waals surface area contributed by atoms with E-state index in [1.807, 2.05) is 19.9 Å². The maximum atomic E-state index is 14.1. The smallest absolute Gasteiger partial charge is 0.250 e. The number of allylic oxidation sites excluding steroid dienone is 3. The molecule has 0 aliphatic carbocycles. The number of rotatable bonds is 13. The zero-order valence-corrected chi connectivity index (χ0v) is 23.5. The second-order valence-corrected chi connectivity index (χ2v) is 8.26. The monoisotopic (exact) mass is 557 g/mol. The lowest BCUT2D eigenvalue weighted by atomic mass is 10.0. The standard InChI is InChI=1S/C26H29ClF3NO3.C2H6.CH4O/c1-18(28)6-4-9-25(24(26(29)30)17-33-22-12-10-21(27)11-13-22)31(3)15-20-7-5-8-23(14-20)34-19(2)16-32;2*1-2/h4-14,16,18-19,24,26H,15,17H2,1-3H3;1-2H3;2H,1H3/b6-4-,25-9+;;. The van der Waals surface area contributed by atoms with E-state index in [0.29, 0.717) is 22.8 Å². The van der Waals surface area contributed by atoms with E-state index in [-0.39, 0.29) is 18.8 Å². The SMILES string of the molecule is CC.CC(F)/C=C\C=C(/C(COc1ccc(Cl)cc1)C(F)F)N(C)Cc1cccc(OC(C)C=O)c1.CO. The Labute approximate surface area is 229 Å². The second kappa shape index (κ2) is 20.1. The molecule has 0 saturated heterocycles. The van der Waals surface area contributed by atoms with Gasteiger partial charge in [0.25, 0.3) is 0 Å². The number of halogens is 4. The average molecular weight is 558 g/mol. The first-order valence-corrected chi connectivity index (χ1v) is 12.6. The number of carbonyl (C=O) groups excluding carboxylic acids is 1. The van der Waals surface area contributed by atoms with E-state index in [9.17, 15) is 18.0 Å². The maximum absolute atomic E-state index is 14.1. The fraction of sp³-hybridized carbons (Fsp3) is 0.414. The van der Waals surface area contributed by atoms with Crippen molar-refractivity contribution in [2.45, 2.75) is 52.9 Å². The summed E-state index contributed by atoms with van der Waals surface area (Å²) in [6, 6.07) is 13.5. The van der Waals surface area contributed by atoms with E-state index >= 15 is 0 Å². The highest BCUT2D eigenvalue weighted by Gasteiger charge is 2.28. The van der Waals surface area contributed by atoms with E-state index < -0.39 is 24.6 Å². The van der Waals surface area contributed by atoms with Crippen LogP contribution >= 0.6 is 11.6 Å². The Bertz CT molecular complexity index is 969. The molecule has 0 bridgehead atoms. The van der Waals surface area contributed by atoms with Crippen molar-refractivity contribution in [3.05, 3.63) is 83.0 Å². The average Bonchev–Trinajstić information content (AvgIpc) is 2.90. The summed E-state index contributed by atoms with van der Waals surface area (Å²) in [6.07, 6.45) is 0.334. The third-order valence-corrected chi connectivity index (χ3v) is 5.10. The molecule has 3 atom stereocenters. The molecule has 1 N–H and O–H groups in total. The molecule has 0 aliphatic rings. The number of aliphatic hydroxyl groups excluding tert-OH is 1. The minimum atomic E-state index is -2.72. The molecule has 9 heteroatoms. The lowest BCUT2D eigenvalue weighted by Crippen LogP contribution is -2.31. The molecule has 3 unspecified atom stereocenters. The van der Waals surface area contributed by atoms with Crippen LogP contribution in [-0.4, -0.2) is 55.8 Å². The van der Waals surface area contributed by atoms with Gasteiger partial charge in [0, 0.05) is 31.4 Å². The van der Waals surface area contributed by atoms with E-state index in [2.05, 4.69) is 0 Å². The number of ether oxygens (including phenoxy) is 2. The van der Waals surface area contributed by atoms with Crippen LogP contribution in [-0.2, 0) is 11.3 Å². The molecular weight excluding hydrogens is 519 g/mol. The maximum Gasteiger partial charge on any atom is 0.250 e. The van der Waals surface area contributed by atoms with Crippen LogP contribution in [0, 0.1) is 5.92 Å². The highest BCUT2D eigenvalue weighted by molar-refractivity contribution is 6.30. The number of hydrogen-bond acceptors (Lipinski definition) is 5. The molecule has 0 fully saturated rings. The topological polar surface area (TPSA) is 59.0 Å². The van der Waals surface area contributed by atoms with Gasteiger partial charge in [-0.2, -0.15) is 0 Å². The summed E-state index contributed by atoms with van der Waals surface area (Å²) in [5, 5.41) is 7.51. The molecule has 2 aromatic rings. The van der Waals surface area contributed by atoms with Gasteiger partial charge in [-0.1, -0.05) is 49.7 Å². The molecule has 212 valence electrons. The summed E-state index contributed by atoms with van der Waals surface area (Å²) < 4.78 is 52.7. The first-order chi connectivity index (χ1) is 18.2. The molecule has 0 spiro atoms. The summed E-state index contributed by atoms with van der Waals surface area (Å²) >= 11 is 5.87. The largest absolute Gasteiger partial charge is 0.493 e. The molecule has 0 amide bonds. The fourth-order valence-corrected chi connectivity index (χ4v) is 3.30. The van der Waals surface area contributed by atoms with Crippen LogP contribution in [0.3, 0.4) is 0 Å². The molecule has 2 aromatic carbocycles. The fourth-order valence-electron chi connectivity index (χ4n) is 3.17. The minimum Gasteiger partial charge on any atom is -0.493 e. The Morgan fingerprint density at radius 1 is 1.05 bits per heavy atom. The summed E-state index contributed by atoms with van der Waals surface area (Å²) in [4.78, 5) is 12.5. The lowest BCUT2D eigenvalue weighted by Gasteiger charge is -2.29.